The molecule has 11 heavy (non-hydrogen) atoms. The molecule has 0 saturated heterocycles. The van der Waals surface area contributed by atoms with E-state index >= 15 is 0 Å². The van der Waals surface area contributed by atoms with Gasteiger partial charge in [-0.05, 0) is 29.8 Å². The summed E-state index contributed by atoms with van der Waals surface area (Å²) in [6.45, 7) is 4.49. The minimum atomic E-state index is -0.402. The van der Waals surface area contributed by atoms with E-state index in [1.54, 1.807) is 6.92 Å². The fourth-order valence-corrected chi connectivity index (χ4v) is 0.651. The Morgan fingerprint density at radius 3 is 2.55 bits per heavy atom. The molecule has 0 radical (unpaired) electrons. The lowest BCUT2D eigenvalue weighted by molar-refractivity contribution is -0.137. The Morgan fingerprint density at radius 1 is 1.45 bits per heavy atom. The first-order valence-electron chi connectivity index (χ1n) is 3.36. The lowest BCUT2D eigenvalue weighted by Crippen LogP contribution is -2.03. The van der Waals surface area contributed by atoms with Crippen LogP contribution in [0, 0.1) is 0 Å². The molecule has 0 N–H and O–H groups in total. The van der Waals surface area contributed by atoms with Crippen molar-refractivity contribution in [1.29, 1.82) is 0 Å². The Labute approximate surface area is 74.5 Å². The molecular weight excluding hydrogens is 212 g/mol. The Morgan fingerprint density at radius 2 is 2.09 bits per heavy atom. The lowest BCUT2D eigenvalue weighted by Gasteiger charge is -1.99. The van der Waals surface area contributed by atoms with Crippen LogP contribution < -0.4 is 0 Å². The largest absolute Gasteiger partial charge is 0.500 e. The van der Waals surface area contributed by atoms with Crippen molar-refractivity contribution in [2.45, 2.75) is 13.8 Å². The van der Waals surface area contributed by atoms with Gasteiger partial charge < -0.3 is 9.47 Å². The summed E-state index contributed by atoms with van der Waals surface area (Å²) in [5, 5.41) is 0. The number of carbonyl (C=O) groups excluding carboxylic acids is 1. The molecule has 0 unspecified atom stereocenters. The number of rotatable bonds is 4. The van der Waals surface area contributed by atoms with Crippen LogP contribution in [0.25, 0.3) is 0 Å². The summed E-state index contributed by atoms with van der Waals surface area (Å²) < 4.78 is 9.83. The Kier molecular flexibility index (Phi) is 5.93. The van der Waals surface area contributed by atoms with Crippen molar-refractivity contribution in [3.05, 3.63) is 10.7 Å². The zero-order chi connectivity index (χ0) is 8.69. The van der Waals surface area contributed by atoms with Gasteiger partial charge in [0.2, 0.25) is 0 Å². The van der Waals surface area contributed by atoms with Crippen LogP contribution in [0.3, 0.4) is 0 Å². The minimum Gasteiger partial charge on any atom is -0.500 e. The normalized spacial score (nSPS) is 11.0. The molecule has 0 aromatic heterocycles. The van der Waals surface area contributed by atoms with Crippen LogP contribution in [-0.2, 0) is 14.3 Å². The van der Waals surface area contributed by atoms with Gasteiger partial charge in [0.15, 0.2) is 0 Å². The van der Waals surface area contributed by atoms with Crippen LogP contribution >= 0.6 is 15.9 Å². The first-order valence-corrected chi connectivity index (χ1v) is 4.16. The summed E-state index contributed by atoms with van der Waals surface area (Å²) in [7, 11) is 0. The molecule has 0 aromatic carbocycles. The molecule has 0 heterocycles. The number of hydrogen-bond donors (Lipinski definition) is 0. The Bertz CT molecular complexity index is 154. The van der Waals surface area contributed by atoms with Gasteiger partial charge in [0.1, 0.15) is 10.7 Å². The number of ether oxygens (including phenoxy) is 2. The van der Waals surface area contributed by atoms with Gasteiger partial charge in [0, 0.05) is 0 Å². The maximum Gasteiger partial charge on any atom is 0.348 e. The van der Waals surface area contributed by atoms with E-state index < -0.39 is 5.97 Å². The smallest absolute Gasteiger partial charge is 0.348 e. The monoisotopic (exact) mass is 222 g/mol. The average Bonchev–Trinajstić information content (AvgIpc) is 2.00. The molecule has 0 aliphatic rings. The zero-order valence-corrected chi connectivity index (χ0v) is 8.18. The standard InChI is InChI=1S/C7H11BrO3/c1-3-10-5-6(8)7(9)11-4-2/h5H,3-4H2,1-2H3. The fourth-order valence-electron chi connectivity index (χ4n) is 0.405. The highest BCUT2D eigenvalue weighted by Gasteiger charge is 2.05. The van der Waals surface area contributed by atoms with E-state index in [2.05, 4.69) is 20.7 Å². The molecular formula is C7H11BrO3. The van der Waals surface area contributed by atoms with Crippen LogP contribution in [-0.4, -0.2) is 19.2 Å². The number of carbonyl (C=O) groups is 1. The predicted molar refractivity (Wildman–Crippen MR) is 45.3 cm³/mol. The van der Waals surface area contributed by atoms with Gasteiger partial charge in [-0.1, -0.05) is 0 Å². The summed E-state index contributed by atoms with van der Waals surface area (Å²) in [5.74, 6) is -0.402. The van der Waals surface area contributed by atoms with Crippen molar-refractivity contribution < 1.29 is 14.3 Å². The van der Waals surface area contributed by atoms with Gasteiger partial charge in [0.05, 0.1) is 13.2 Å². The van der Waals surface area contributed by atoms with Crippen molar-refractivity contribution in [2.24, 2.45) is 0 Å². The summed E-state index contributed by atoms with van der Waals surface area (Å²) in [4.78, 5) is 10.8. The second-order valence-corrected chi connectivity index (χ2v) is 2.50. The molecule has 0 atom stereocenters. The summed E-state index contributed by atoms with van der Waals surface area (Å²) in [6, 6.07) is 0. The number of halogens is 1. The second-order valence-electron chi connectivity index (χ2n) is 1.64. The Balaban J connectivity index is 3.80. The molecule has 0 fully saturated rings. The topological polar surface area (TPSA) is 35.5 Å². The van der Waals surface area contributed by atoms with Gasteiger partial charge >= 0.3 is 5.97 Å². The van der Waals surface area contributed by atoms with E-state index in [0.717, 1.165) is 0 Å². The molecule has 4 heteroatoms. The van der Waals surface area contributed by atoms with E-state index in [0.29, 0.717) is 17.7 Å². The third-order valence-electron chi connectivity index (χ3n) is 0.824. The maximum absolute atomic E-state index is 10.8. The molecule has 0 aromatic rings. The van der Waals surface area contributed by atoms with Crippen LogP contribution in [0.4, 0.5) is 0 Å². The predicted octanol–water partition coefficient (Wildman–Crippen LogP) is 1.82. The first-order chi connectivity index (χ1) is 5.22. The van der Waals surface area contributed by atoms with Crippen molar-refractivity contribution >= 4 is 21.9 Å². The van der Waals surface area contributed by atoms with E-state index in [1.165, 1.54) is 6.26 Å². The number of hydrogen-bond acceptors (Lipinski definition) is 3. The summed E-state index contributed by atoms with van der Waals surface area (Å²) in [5.41, 5.74) is 0. The van der Waals surface area contributed by atoms with Crippen LogP contribution in [0.5, 0.6) is 0 Å². The molecule has 0 bridgehead atoms. The van der Waals surface area contributed by atoms with Gasteiger partial charge in [0.25, 0.3) is 0 Å². The summed E-state index contributed by atoms with van der Waals surface area (Å²) in [6.07, 6.45) is 1.33. The van der Waals surface area contributed by atoms with Gasteiger partial charge in [-0.2, -0.15) is 0 Å². The van der Waals surface area contributed by atoms with E-state index in [1.807, 2.05) is 6.92 Å². The van der Waals surface area contributed by atoms with Crippen molar-refractivity contribution in [1.82, 2.24) is 0 Å². The molecule has 0 aliphatic carbocycles. The van der Waals surface area contributed by atoms with Crippen molar-refractivity contribution in [3.63, 3.8) is 0 Å². The molecule has 3 nitrogen and oxygen atoms in total. The maximum atomic E-state index is 10.8. The Hall–Kier alpha value is -0.510. The van der Waals surface area contributed by atoms with Crippen LogP contribution in [0.2, 0.25) is 0 Å². The van der Waals surface area contributed by atoms with E-state index in [9.17, 15) is 4.79 Å². The molecule has 64 valence electrons. The first kappa shape index (κ1) is 10.5. The highest BCUT2D eigenvalue weighted by molar-refractivity contribution is 9.12. The van der Waals surface area contributed by atoms with Crippen LogP contribution in [0.1, 0.15) is 13.8 Å². The molecule has 0 spiro atoms. The number of esters is 1. The molecule has 0 rings (SSSR count). The zero-order valence-electron chi connectivity index (χ0n) is 6.59. The van der Waals surface area contributed by atoms with Crippen molar-refractivity contribution in [2.75, 3.05) is 13.2 Å². The highest BCUT2D eigenvalue weighted by Crippen LogP contribution is 2.06. The minimum absolute atomic E-state index is 0.307. The quantitative estimate of drug-likeness (QED) is 0.414. The third kappa shape index (κ3) is 4.84. The van der Waals surface area contributed by atoms with Crippen LogP contribution in [0.15, 0.2) is 10.7 Å². The lowest BCUT2D eigenvalue weighted by atomic mass is 10.6. The van der Waals surface area contributed by atoms with Crippen molar-refractivity contribution in [3.8, 4) is 0 Å². The molecule has 0 aliphatic heterocycles. The highest BCUT2D eigenvalue weighted by atomic mass is 79.9. The molecule has 0 saturated carbocycles. The SMILES string of the molecule is CCOC=C(Br)C(=O)OCC. The fraction of sp³-hybridized carbons (Fsp3) is 0.571. The van der Waals surface area contributed by atoms with Gasteiger partial charge in [-0.25, -0.2) is 4.79 Å². The molecule has 0 amide bonds. The van der Waals surface area contributed by atoms with Gasteiger partial charge in [-0.3, -0.25) is 0 Å². The average molecular weight is 223 g/mol. The second kappa shape index (κ2) is 6.22. The summed E-state index contributed by atoms with van der Waals surface area (Å²) >= 11 is 3.01. The van der Waals surface area contributed by atoms with E-state index in [4.69, 9.17) is 4.74 Å². The van der Waals surface area contributed by atoms with E-state index in [-0.39, 0.29) is 0 Å². The third-order valence-corrected chi connectivity index (χ3v) is 1.33. The van der Waals surface area contributed by atoms with Gasteiger partial charge in [-0.15, -0.1) is 0 Å².